The summed E-state index contributed by atoms with van der Waals surface area (Å²) in [5.41, 5.74) is 4.70. The summed E-state index contributed by atoms with van der Waals surface area (Å²) in [5, 5.41) is 6.78. The van der Waals surface area contributed by atoms with Crippen molar-refractivity contribution in [2.45, 2.75) is 25.8 Å². The lowest BCUT2D eigenvalue weighted by atomic mass is 9.88. The molecule has 0 aliphatic rings. The molecular weight excluding hydrogens is 471 g/mol. The lowest BCUT2D eigenvalue weighted by Crippen LogP contribution is -2.37. The molecule has 29 heavy (non-hydrogen) atoms. The van der Waals surface area contributed by atoms with Crippen molar-refractivity contribution in [3.05, 3.63) is 101 Å². The van der Waals surface area contributed by atoms with Crippen LogP contribution in [0, 0.1) is 6.92 Å². The molecule has 0 aliphatic carbocycles. The SMILES string of the molecule is CN=C(NCCC(c1ccccc1)c1ccccc1)NCc1cccc(C)n1.I. The lowest BCUT2D eigenvalue weighted by molar-refractivity contribution is 0.677. The fraction of sp³-hybridized carbons (Fsp3) is 0.250. The molecule has 1 heterocycles. The maximum Gasteiger partial charge on any atom is 0.191 e. The molecule has 0 fully saturated rings. The van der Waals surface area contributed by atoms with Crippen LogP contribution in [0.25, 0.3) is 0 Å². The Balaban J connectivity index is 0.00000300. The van der Waals surface area contributed by atoms with Crippen molar-refractivity contribution >= 4 is 29.9 Å². The fourth-order valence-electron chi connectivity index (χ4n) is 3.32. The molecule has 3 rings (SSSR count). The van der Waals surface area contributed by atoms with Gasteiger partial charge in [0.05, 0.1) is 12.2 Å². The third-order valence-corrected chi connectivity index (χ3v) is 4.74. The van der Waals surface area contributed by atoms with Gasteiger partial charge in [0.15, 0.2) is 5.96 Å². The van der Waals surface area contributed by atoms with E-state index in [-0.39, 0.29) is 24.0 Å². The third-order valence-electron chi connectivity index (χ3n) is 4.74. The second-order valence-electron chi connectivity index (χ2n) is 6.79. The number of aliphatic imine (C=N–C) groups is 1. The Bertz CT molecular complexity index is 842. The Morgan fingerprint density at radius 3 is 2.03 bits per heavy atom. The average molecular weight is 500 g/mol. The first-order valence-corrected chi connectivity index (χ1v) is 9.73. The summed E-state index contributed by atoms with van der Waals surface area (Å²) in [4.78, 5) is 8.86. The molecule has 1 aromatic heterocycles. The van der Waals surface area contributed by atoms with E-state index in [9.17, 15) is 0 Å². The maximum atomic E-state index is 4.52. The van der Waals surface area contributed by atoms with Gasteiger partial charge in [-0.2, -0.15) is 0 Å². The zero-order valence-corrected chi connectivity index (χ0v) is 19.3. The van der Waals surface area contributed by atoms with Gasteiger partial charge in [-0.05, 0) is 36.6 Å². The summed E-state index contributed by atoms with van der Waals surface area (Å²) in [7, 11) is 1.80. The van der Waals surface area contributed by atoms with Crippen molar-refractivity contribution in [2.75, 3.05) is 13.6 Å². The second kappa shape index (κ2) is 12.2. The summed E-state index contributed by atoms with van der Waals surface area (Å²) in [6, 6.07) is 27.4. The van der Waals surface area contributed by atoms with Crippen LogP contribution in [-0.2, 0) is 6.54 Å². The summed E-state index contributed by atoms with van der Waals surface area (Å²) in [5.74, 6) is 1.15. The highest BCUT2D eigenvalue weighted by molar-refractivity contribution is 14.0. The van der Waals surface area contributed by atoms with Crippen LogP contribution in [0.4, 0.5) is 0 Å². The summed E-state index contributed by atoms with van der Waals surface area (Å²) < 4.78 is 0. The first-order chi connectivity index (χ1) is 13.8. The van der Waals surface area contributed by atoms with Crippen LogP contribution in [0.15, 0.2) is 83.9 Å². The molecule has 0 aliphatic heterocycles. The van der Waals surface area contributed by atoms with Crippen LogP contribution in [0.5, 0.6) is 0 Å². The first-order valence-electron chi connectivity index (χ1n) is 9.73. The van der Waals surface area contributed by atoms with Gasteiger partial charge in [0, 0.05) is 25.2 Å². The zero-order chi connectivity index (χ0) is 19.6. The predicted octanol–water partition coefficient (Wildman–Crippen LogP) is 4.90. The van der Waals surface area contributed by atoms with Gasteiger partial charge in [-0.3, -0.25) is 9.98 Å². The average Bonchev–Trinajstić information content (AvgIpc) is 2.74. The molecule has 152 valence electrons. The minimum Gasteiger partial charge on any atom is -0.356 e. The van der Waals surface area contributed by atoms with Gasteiger partial charge in [0.1, 0.15) is 0 Å². The van der Waals surface area contributed by atoms with Crippen LogP contribution >= 0.6 is 24.0 Å². The third kappa shape index (κ3) is 7.16. The van der Waals surface area contributed by atoms with Crippen LogP contribution in [-0.4, -0.2) is 24.5 Å². The topological polar surface area (TPSA) is 49.3 Å². The molecule has 0 saturated carbocycles. The van der Waals surface area contributed by atoms with E-state index in [1.807, 2.05) is 25.1 Å². The number of rotatable bonds is 7. The Labute approximate surface area is 190 Å². The molecule has 0 amide bonds. The largest absolute Gasteiger partial charge is 0.356 e. The maximum absolute atomic E-state index is 4.52. The standard InChI is InChI=1S/C24H28N4.HI/c1-19-10-9-15-22(28-19)18-27-24(25-2)26-17-16-23(20-11-5-3-6-12-20)21-13-7-4-8-14-21;/h3-15,23H,16-18H2,1-2H3,(H2,25,26,27);1H. The normalized spacial score (nSPS) is 11.1. The Hall–Kier alpha value is -2.41. The summed E-state index contributed by atoms with van der Waals surface area (Å²) in [6.45, 7) is 3.49. The number of guanidine groups is 1. The van der Waals surface area contributed by atoms with Gasteiger partial charge in [0.2, 0.25) is 0 Å². The Kier molecular flexibility index (Phi) is 9.64. The van der Waals surface area contributed by atoms with E-state index in [0.29, 0.717) is 12.5 Å². The Morgan fingerprint density at radius 2 is 1.48 bits per heavy atom. The quantitative estimate of drug-likeness (QED) is 0.276. The smallest absolute Gasteiger partial charge is 0.191 e. The number of benzene rings is 2. The minimum atomic E-state index is 0. The molecule has 0 saturated heterocycles. The number of aryl methyl sites for hydroxylation is 1. The molecule has 0 atom stereocenters. The van der Waals surface area contributed by atoms with Crippen LogP contribution in [0.3, 0.4) is 0 Å². The van der Waals surface area contributed by atoms with Crippen molar-refractivity contribution in [2.24, 2.45) is 4.99 Å². The van der Waals surface area contributed by atoms with Crippen molar-refractivity contribution < 1.29 is 0 Å². The molecule has 5 heteroatoms. The minimum absolute atomic E-state index is 0. The number of hydrogen-bond acceptors (Lipinski definition) is 2. The van der Waals surface area contributed by atoms with Gasteiger partial charge in [-0.15, -0.1) is 24.0 Å². The van der Waals surface area contributed by atoms with E-state index in [4.69, 9.17) is 0 Å². The molecule has 0 bridgehead atoms. The van der Waals surface area contributed by atoms with Crippen LogP contribution < -0.4 is 10.6 Å². The molecule has 2 aromatic carbocycles. The molecule has 0 radical (unpaired) electrons. The van der Waals surface area contributed by atoms with Crippen molar-refractivity contribution in [3.63, 3.8) is 0 Å². The van der Waals surface area contributed by atoms with E-state index >= 15 is 0 Å². The monoisotopic (exact) mass is 500 g/mol. The molecule has 4 nitrogen and oxygen atoms in total. The lowest BCUT2D eigenvalue weighted by Gasteiger charge is -2.19. The molecule has 3 aromatic rings. The fourth-order valence-corrected chi connectivity index (χ4v) is 3.32. The van der Waals surface area contributed by atoms with E-state index in [1.165, 1.54) is 11.1 Å². The highest BCUT2D eigenvalue weighted by atomic mass is 127. The van der Waals surface area contributed by atoms with Crippen LogP contribution in [0.2, 0.25) is 0 Å². The zero-order valence-electron chi connectivity index (χ0n) is 17.0. The number of hydrogen-bond donors (Lipinski definition) is 2. The second-order valence-corrected chi connectivity index (χ2v) is 6.79. The van der Waals surface area contributed by atoms with Gasteiger partial charge in [0.25, 0.3) is 0 Å². The molecule has 2 N–H and O–H groups in total. The highest BCUT2D eigenvalue weighted by Crippen LogP contribution is 2.27. The number of pyridine rings is 1. The number of nitrogens with zero attached hydrogens (tertiary/aromatic N) is 2. The van der Waals surface area contributed by atoms with E-state index < -0.39 is 0 Å². The number of halogens is 1. The van der Waals surface area contributed by atoms with Crippen LogP contribution in [0.1, 0.15) is 34.9 Å². The van der Waals surface area contributed by atoms with E-state index in [1.54, 1.807) is 7.05 Å². The van der Waals surface area contributed by atoms with E-state index in [0.717, 1.165) is 30.3 Å². The van der Waals surface area contributed by atoms with E-state index in [2.05, 4.69) is 81.3 Å². The molecule has 0 unspecified atom stereocenters. The van der Waals surface area contributed by atoms with Gasteiger partial charge in [-0.25, -0.2) is 0 Å². The predicted molar refractivity (Wildman–Crippen MR) is 132 cm³/mol. The van der Waals surface area contributed by atoms with Crippen molar-refractivity contribution in [1.82, 2.24) is 15.6 Å². The highest BCUT2D eigenvalue weighted by Gasteiger charge is 2.13. The van der Waals surface area contributed by atoms with Gasteiger partial charge < -0.3 is 10.6 Å². The first kappa shape index (κ1) is 22.9. The number of nitrogens with one attached hydrogen (secondary N) is 2. The Morgan fingerprint density at radius 1 is 0.862 bits per heavy atom. The van der Waals surface area contributed by atoms with Gasteiger partial charge >= 0.3 is 0 Å². The van der Waals surface area contributed by atoms with Crippen molar-refractivity contribution in [1.29, 1.82) is 0 Å². The molecular formula is C24H29IN4. The number of aromatic nitrogens is 1. The molecule has 0 spiro atoms. The summed E-state index contributed by atoms with van der Waals surface area (Å²) in [6.07, 6.45) is 0.984. The van der Waals surface area contributed by atoms with Gasteiger partial charge in [-0.1, -0.05) is 66.7 Å². The van der Waals surface area contributed by atoms with Crippen molar-refractivity contribution in [3.8, 4) is 0 Å². The summed E-state index contributed by atoms with van der Waals surface area (Å²) >= 11 is 0.